The van der Waals surface area contributed by atoms with Crippen LogP contribution in [0, 0.1) is 24.2 Å². The van der Waals surface area contributed by atoms with Gasteiger partial charge in [0.2, 0.25) is 0 Å². The topological polar surface area (TPSA) is 40.9 Å². The van der Waals surface area contributed by atoms with Crippen LogP contribution in [-0.2, 0) is 4.79 Å². The van der Waals surface area contributed by atoms with Crippen LogP contribution in [-0.4, -0.2) is 5.78 Å². The number of rotatable bonds is 3. The minimum absolute atomic E-state index is 0.0838. The molecule has 20 heavy (non-hydrogen) atoms. The molecule has 1 aromatic carbocycles. The van der Waals surface area contributed by atoms with Gasteiger partial charge in [0, 0.05) is 5.92 Å². The molecule has 0 spiro atoms. The maximum Gasteiger partial charge on any atom is 0.157 e. The number of hydrogen-bond donors (Lipinski definition) is 0. The summed E-state index contributed by atoms with van der Waals surface area (Å²) in [6.07, 6.45) is 7.92. The van der Waals surface area contributed by atoms with E-state index in [4.69, 9.17) is 0 Å². The van der Waals surface area contributed by atoms with E-state index in [1.165, 1.54) is 19.3 Å². The summed E-state index contributed by atoms with van der Waals surface area (Å²) in [5.41, 5.74) is 1.97. The Balaban J connectivity index is 2.14. The predicted molar refractivity (Wildman–Crippen MR) is 80.3 cm³/mol. The van der Waals surface area contributed by atoms with Gasteiger partial charge in [-0.15, -0.1) is 0 Å². The fraction of sp³-hybridized carbons (Fsp3) is 0.556. The van der Waals surface area contributed by atoms with Gasteiger partial charge in [-0.25, -0.2) is 0 Å². The molecule has 1 atom stereocenters. The van der Waals surface area contributed by atoms with Gasteiger partial charge in [0.25, 0.3) is 0 Å². The Kier molecular flexibility index (Phi) is 5.35. The monoisotopic (exact) mass is 269 g/mol. The van der Waals surface area contributed by atoms with Crippen molar-refractivity contribution in [3.63, 3.8) is 0 Å². The van der Waals surface area contributed by atoms with Gasteiger partial charge in [-0.1, -0.05) is 61.9 Å². The second-order valence-electron chi connectivity index (χ2n) is 5.92. The van der Waals surface area contributed by atoms with Crippen LogP contribution in [0.5, 0.6) is 0 Å². The molecular formula is C18H23NO. The molecule has 0 bridgehead atoms. The zero-order chi connectivity index (χ0) is 14.4. The quantitative estimate of drug-likeness (QED) is 0.808. The summed E-state index contributed by atoms with van der Waals surface area (Å²) in [5.74, 6) is -0.361. The average molecular weight is 269 g/mol. The first kappa shape index (κ1) is 14.8. The number of hydrogen-bond acceptors (Lipinski definition) is 2. The second kappa shape index (κ2) is 7.24. The Morgan fingerprint density at radius 3 is 2.45 bits per heavy atom. The minimum Gasteiger partial charge on any atom is -0.298 e. The summed E-state index contributed by atoms with van der Waals surface area (Å²) in [6, 6.07) is 10.0. The third-order valence-corrected chi connectivity index (χ3v) is 4.30. The smallest absolute Gasteiger partial charge is 0.157 e. The van der Waals surface area contributed by atoms with Crippen molar-refractivity contribution in [2.45, 2.75) is 57.8 Å². The highest BCUT2D eigenvalue weighted by Gasteiger charge is 2.28. The second-order valence-corrected chi connectivity index (χ2v) is 5.92. The van der Waals surface area contributed by atoms with E-state index in [2.05, 4.69) is 6.07 Å². The van der Waals surface area contributed by atoms with Gasteiger partial charge >= 0.3 is 0 Å². The van der Waals surface area contributed by atoms with Gasteiger partial charge in [0.15, 0.2) is 5.78 Å². The van der Waals surface area contributed by atoms with E-state index in [9.17, 15) is 10.1 Å². The molecule has 1 aromatic rings. The Morgan fingerprint density at radius 1 is 1.20 bits per heavy atom. The van der Waals surface area contributed by atoms with Crippen LogP contribution in [0.15, 0.2) is 24.3 Å². The van der Waals surface area contributed by atoms with E-state index >= 15 is 0 Å². The molecule has 0 aromatic heterocycles. The maximum absolute atomic E-state index is 12.7. The SMILES string of the molecule is Cc1cccc(C(C#N)C(=O)C2CCCCCCC2)c1. The van der Waals surface area contributed by atoms with Crippen molar-refractivity contribution in [2.24, 2.45) is 5.92 Å². The molecular weight excluding hydrogens is 246 g/mol. The third kappa shape index (κ3) is 3.70. The predicted octanol–water partition coefficient (Wildman–Crippen LogP) is 4.53. The van der Waals surface area contributed by atoms with Gasteiger partial charge in [-0.05, 0) is 25.3 Å². The van der Waals surface area contributed by atoms with Crippen molar-refractivity contribution in [2.75, 3.05) is 0 Å². The van der Waals surface area contributed by atoms with Gasteiger partial charge in [-0.2, -0.15) is 5.26 Å². The van der Waals surface area contributed by atoms with Crippen LogP contribution in [0.1, 0.15) is 62.0 Å². The highest BCUT2D eigenvalue weighted by molar-refractivity contribution is 5.90. The van der Waals surface area contributed by atoms with Crippen LogP contribution in [0.4, 0.5) is 0 Å². The molecule has 1 unspecified atom stereocenters. The molecule has 0 N–H and O–H groups in total. The zero-order valence-corrected chi connectivity index (χ0v) is 12.3. The van der Waals surface area contributed by atoms with E-state index in [0.717, 1.165) is 36.8 Å². The third-order valence-electron chi connectivity index (χ3n) is 4.30. The standard InChI is InChI=1S/C18H23NO/c1-14-8-7-11-16(12-14)17(13-19)18(20)15-9-5-3-2-4-6-10-15/h7-8,11-12,15,17H,2-6,9-10H2,1H3. The van der Waals surface area contributed by atoms with E-state index in [0.29, 0.717) is 0 Å². The number of aryl methyl sites for hydroxylation is 1. The van der Waals surface area contributed by atoms with Crippen molar-refractivity contribution in [3.05, 3.63) is 35.4 Å². The van der Waals surface area contributed by atoms with E-state index in [1.54, 1.807) is 0 Å². The highest BCUT2D eigenvalue weighted by Crippen LogP contribution is 2.29. The molecule has 0 saturated heterocycles. The first-order valence-electron chi connectivity index (χ1n) is 7.72. The van der Waals surface area contributed by atoms with Crippen molar-refractivity contribution >= 4 is 5.78 Å². The molecule has 2 heteroatoms. The molecule has 0 aliphatic heterocycles. The Morgan fingerprint density at radius 2 is 1.85 bits per heavy atom. The summed E-state index contributed by atoms with van der Waals surface area (Å²) in [4.78, 5) is 12.7. The van der Waals surface area contributed by atoms with Crippen molar-refractivity contribution < 1.29 is 4.79 Å². The summed E-state index contributed by atoms with van der Waals surface area (Å²) in [7, 11) is 0. The van der Waals surface area contributed by atoms with E-state index in [1.807, 2.05) is 31.2 Å². The molecule has 1 saturated carbocycles. The van der Waals surface area contributed by atoms with E-state index in [-0.39, 0.29) is 11.7 Å². The number of benzene rings is 1. The van der Waals surface area contributed by atoms with Crippen LogP contribution in [0.2, 0.25) is 0 Å². The van der Waals surface area contributed by atoms with Gasteiger partial charge in [-0.3, -0.25) is 4.79 Å². The van der Waals surface area contributed by atoms with Crippen molar-refractivity contribution in [3.8, 4) is 6.07 Å². The molecule has 2 nitrogen and oxygen atoms in total. The molecule has 1 aliphatic carbocycles. The first-order valence-corrected chi connectivity index (χ1v) is 7.72. The molecule has 2 rings (SSSR count). The lowest BCUT2D eigenvalue weighted by molar-refractivity contribution is -0.123. The normalized spacial score (nSPS) is 18.6. The zero-order valence-electron chi connectivity index (χ0n) is 12.3. The number of ketones is 1. The fourth-order valence-corrected chi connectivity index (χ4v) is 3.13. The van der Waals surface area contributed by atoms with Gasteiger partial charge in [0.1, 0.15) is 5.92 Å². The number of nitriles is 1. The van der Waals surface area contributed by atoms with Crippen molar-refractivity contribution in [1.82, 2.24) is 0 Å². The fourth-order valence-electron chi connectivity index (χ4n) is 3.13. The lowest BCUT2D eigenvalue weighted by atomic mass is 9.81. The average Bonchev–Trinajstić information content (AvgIpc) is 2.39. The largest absolute Gasteiger partial charge is 0.298 e. The van der Waals surface area contributed by atoms with Gasteiger partial charge in [0.05, 0.1) is 6.07 Å². The molecule has 1 aliphatic rings. The first-order chi connectivity index (χ1) is 9.72. The van der Waals surface area contributed by atoms with Crippen molar-refractivity contribution in [1.29, 1.82) is 5.26 Å². The molecule has 0 amide bonds. The Hall–Kier alpha value is -1.62. The Bertz CT molecular complexity index is 492. The van der Waals surface area contributed by atoms with Crippen LogP contribution < -0.4 is 0 Å². The lowest BCUT2D eigenvalue weighted by Crippen LogP contribution is -2.22. The lowest BCUT2D eigenvalue weighted by Gasteiger charge is -2.21. The molecule has 106 valence electrons. The van der Waals surface area contributed by atoms with Gasteiger partial charge < -0.3 is 0 Å². The number of carbonyl (C=O) groups excluding carboxylic acids is 1. The number of carbonyl (C=O) groups is 1. The van der Waals surface area contributed by atoms with Crippen LogP contribution in [0.3, 0.4) is 0 Å². The summed E-state index contributed by atoms with van der Waals surface area (Å²) in [5, 5.41) is 9.43. The van der Waals surface area contributed by atoms with Crippen LogP contribution in [0.25, 0.3) is 0 Å². The molecule has 0 radical (unpaired) electrons. The summed E-state index contributed by atoms with van der Waals surface area (Å²) < 4.78 is 0. The van der Waals surface area contributed by atoms with Crippen LogP contribution >= 0.6 is 0 Å². The molecule has 0 heterocycles. The summed E-state index contributed by atoms with van der Waals surface area (Å²) >= 11 is 0. The number of Topliss-reactive ketones (excluding diaryl/α,β-unsaturated/α-hetero) is 1. The highest BCUT2D eigenvalue weighted by atomic mass is 16.1. The minimum atomic E-state index is -0.584. The summed E-state index contributed by atoms with van der Waals surface area (Å²) in [6.45, 7) is 2.00. The molecule has 1 fully saturated rings. The Labute approximate surface area is 121 Å². The maximum atomic E-state index is 12.7. The number of nitrogens with zero attached hydrogens (tertiary/aromatic N) is 1. The van der Waals surface area contributed by atoms with E-state index < -0.39 is 5.92 Å².